The van der Waals surface area contributed by atoms with Crippen LogP contribution in [0.5, 0.6) is 5.88 Å². The maximum Gasteiger partial charge on any atom is 0.212 e. The van der Waals surface area contributed by atoms with Crippen molar-refractivity contribution in [1.29, 1.82) is 0 Å². The third kappa shape index (κ3) is 5.48. The van der Waals surface area contributed by atoms with E-state index in [2.05, 4.69) is 47.3 Å². The number of nitrogens with one attached hydrogen (secondary N) is 1. The Bertz CT molecular complexity index is 650. The number of nitrogens with zero attached hydrogens (tertiary/aromatic N) is 2. The highest BCUT2D eigenvalue weighted by Gasteiger charge is 2.17. The Hall–Kier alpha value is -1.52. The van der Waals surface area contributed by atoms with Gasteiger partial charge in [-0.1, -0.05) is 43.5 Å². The quantitative estimate of drug-likeness (QED) is 0.787. The zero-order chi connectivity index (χ0) is 16.8. The summed E-state index contributed by atoms with van der Waals surface area (Å²) in [5.74, 6) is 1.64. The molecule has 5 heteroatoms. The second-order valence-corrected chi connectivity index (χ2v) is 6.91. The van der Waals surface area contributed by atoms with Crippen molar-refractivity contribution in [3.05, 3.63) is 47.2 Å². The molecule has 1 aliphatic rings. The molecule has 1 saturated carbocycles. The van der Waals surface area contributed by atoms with Gasteiger partial charge in [-0.15, -0.1) is 12.4 Å². The molecule has 0 bridgehead atoms. The van der Waals surface area contributed by atoms with E-state index < -0.39 is 0 Å². The van der Waals surface area contributed by atoms with Crippen molar-refractivity contribution in [1.82, 2.24) is 15.1 Å². The minimum atomic E-state index is 0. The second-order valence-electron chi connectivity index (χ2n) is 6.91. The van der Waals surface area contributed by atoms with Gasteiger partial charge in [0.05, 0.1) is 5.69 Å². The fourth-order valence-electron chi connectivity index (χ4n) is 3.50. The standard InChI is InChI=1S/C20H29N3O.ClH/c1-16-8-6-7-11-18(16)15-24-20-12-19(13-21-2)22-23(20)14-17-9-4-3-5-10-17;/h6-8,11-12,17,21H,3-5,9-10,13-15H2,1-2H3;1H. The van der Waals surface area contributed by atoms with E-state index in [1.807, 2.05) is 7.05 Å². The first kappa shape index (κ1) is 19.8. The van der Waals surface area contributed by atoms with E-state index in [-0.39, 0.29) is 12.4 Å². The van der Waals surface area contributed by atoms with E-state index in [9.17, 15) is 0 Å². The molecule has 2 aromatic rings. The molecule has 0 amide bonds. The van der Waals surface area contributed by atoms with Gasteiger partial charge in [-0.3, -0.25) is 0 Å². The Morgan fingerprint density at radius 1 is 1.20 bits per heavy atom. The van der Waals surface area contributed by atoms with Crippen LogP contribution < -0.4 is 10.1 Å². The summed E-state index contributed by atoms with van der Waals surface area (Å²) in [6.45, 7) is 4.48. The maximum atomic E-state index is 6.15. The van der Waals surface area contributed by atoms with E-state index in [1.54, 1.807) is 0 Å². The van der Waals surface area contributed by atoms with Gasteiger partial charge in [-0.25, -0.2) is 4.68 Å². The summed E-state index contributed by atoms with van der Waals surface area (Å²) in [4.78, 5) is 0. The molecule has 1 aliphatic carbocycles. The van der Waals surface area contributed by atoms with Gasteiger partial charge in [0.1, 0.15) is 6.61 Å². The van der Waals surface area contributed by atoms with Crippen LogP contribution in [0.1, 0.15) is 48.9 Å². The van der Waals surface area contributed by atoms with Crippen LogP contribution in [0.15, 0.2) is 30.3 Å². The third-order valence-corrected chi connectivity index (χ3v) is 4.94. The minimum Gasteiger partial charge on any atom is -0.473 e. The normalized spacial score (nSPS) is 15.0. The molecule has 3 rings (SSSR count). The summed E-state index contributed by atoms with van der Waals surface area (Å²) < 4.78 is 8.23. The molecule has 0 atom stereocenters. The molecule has 1 heterocycles. The highest BCUT2D eigenvalue weighted by Crippen LogP contribution is 2.27. The van der Waals surface area contributed by atoms with Crippen molar-refractivity contribution in [2.75, 3.05) is 7.05 Å². The number of hydrogen-bond acceptors (Lipinski definition) is 3. The molecule has 138 valence electrons. The SMILES string of the molecule is CNCc1cc(OCc2ccccc2C)n(CC2CCCCC2)n1.Cl. The molecule has 0 aliphatic heterocycles. The summed E-state index contributed by atoms with van der Waals surface area (Å²) in [5, 5.41) is 7.94. The lowest BCUT2D eigenvalue weighted by Crippen LogP contribution is -2.16. The first-order chi connectivity index (χ1) is 11.8. The lowest BCUT2D eigenvalue weighted by Gasteiger charge is -2.22. The van der Waals surface area contributed by atoms with E-state index >= 15 is 0 Å². The molecule has 1 aromatic carbocycles. The number of aromatic nitrogens is 2. The molecule has 0 radical (unpaired) electrons. The Kier molecular flexibility index (Phi) is 7.79. The van der Waals surface area contributed by atoms with Crippen molar-refractivity contribution in [2.24, 2.45) is 5.92 Å². The average Bonchev–Trinajstić information content (AvgIpc) is 2.97. The topological polar surface area (TPSA) is 39.1 Å². The van der Waals surface area contributed by atoms with Crippen molar-refractivity contribution in [3.63, 3.8) is 0 Å². The van der Waals surface area contributed by atoms with Crippen LogP contribution in [0.2, 0.25) is 0 Å². The van der Waals surface area contributed by atoms with Gasteiger partial charge in [0.15, 0.2) is 0 Å². The fourth-order valence-corrected chi connectivity index (χ4v) is 3.50. The number of halogens is 1. The van der Waals surface area contributed by atoms with Gasteiger partial charge < -0.3 is 10.1 Å². The van der Waals surface area contributed by atoms with Gasteiger partial charge in [0.2, 0.25) is 5.88 Å². The van der Waals surface area contributed by atoms with Gasteiger partial charge >= 0.3 is 0 Å². The molecule has 1 N–H and O–H groups in total. The van der Waals surface area contributed by atoms with Crippen molar-refractivity contribution < 1.29 is 4.74 Å². The summed E-state index contributed by atoms with van der Waals surface area (Å²) in [6, 6.07) is 10.5. The van der Waals surface area contributed by atoms with Crippen LogP contribution in [-0.2, 0) is 19.7 Å². The van der Waals surface area contributed by atoms with Gasteiger partial charge in [0.25, 0.3) is 0 Å². The lowest BCUT2D eigenvalue weighted by atomic mass is 9.89. The Morgan fingerprint density at radius 2 is 1.96 bits per heavy atom. The predicted molar refractivity (Wildman–Crippen MR) is 104 cm³/mol. The monoisotopic (exact) mass is 363 g/mol. The fraction of sp³-hybridized carbons (Fsp3) is 0.550. The molecular weight excluding hydrogens is 334 g/mol. The smallest absolute Gasteiger partial charge is 0.212 e. The molecule has 4 nitrogen and oxygen atoms in total. The molecule has 1 aromatic heterocycles. The number of hydrogen-bond donors (Lipinski definition) is 1. The predicted octanol–water partition coefficient (Wildman–Crippen LogP) is 4.49. The number of ether oxygens (including phenoxy) is 1. The maximum absolute atomic E-state index is 6.15. The Balaban J connectivity index is 0.00000225. The molecular formula is C20H30ClN3O. The molecule has 0 spiro atoms. The van der Waals surface area contributed by atoms with Crippen molar-refractivity contribution in [2.45, 2.75) is 58.7 Å². The Labute approximate surface area is 157 Å². The summed E-state index contributed by atoms with van der Waals surface area (Å²) in [6.07, 6.45) is 6.73. The minimum absolute atomic E-state index is 0. The number of rotatable bonds is 7. The average molecular weight is 364 g/mol. The van der Waals surface area contributed by atoms with E-state index in [0.29, 0.717) is 6.61 Å². The number of benzene rings is 1. The van der Waals surface area contributed by atoms with Crippen LogP contribution >= 0.6 is 12.4 Å². The van der Waals surface area contributed by atoms with E-state index in [0.717, 1.165) is 30.6 Å². The Morgan fingerprint density at radius 3 is 2.68 bits per heavy atom. The van der Waals surface area contributed by atoms with Crippen LogP contribution in [0.25, 0.3) is 0 Å². The van der Waals surface area contributed by atoms with Gasteiger partial charge in [-0.05, 0) is 43.9 Å². The summed E-state index contributed by atoms with van der Waals surface area (Å²) in [5.41, 5.74) is 3.55. The van der Waals surface area contributed by atoms with Crippen LogP contribution in [-0.4, -0.2) is 16.8 Å². The first-order valence-corrected chi connectivity index (χ1v) is 9.15. The highest BCUT2D eigenvalue weighted by molar-refractivity contribution is 5.85. The van der Waals surface area contributed by atoms with Crippen LogP contribution in [0, 0.1) is 12.8 Å². The molecule has 25 heavy (non-hydrogen) atoms. The summed E-state index contributed by atoms with van der Waals surface area (Å²) in [7, 11) is 1.95. The van der Waals surface area contributed by atoms with E-state index in [1.165, 1.54) is 43.2 Å². The molecule has 0 unspecified atom stereocenters. The summed E-state index contributed by atoms with van der Waals surface area (Å²) >= 11 is 0. The zero-order valence-corrected chi connectivity index (χ0v) is 16.1. The zero-order valence-electron chi connectivity index (χ0n) is 15.3. The van der Waals surface area contributed by atoms with Gasteiger partial charge in [-0.2, -0.15) is 5.10 Å². The van der Waals surface area contributed by atoms with Gasteiger partial charge in [0, 0.05) is 19.2 Å². The van der Waals surface area contributed by atoms with Crippen molar-refractivity contribution in [3.8, 4) is 5.88 Å². The van der Waals surface area contributed by atoms with E-state index in [4.69, 9.17) is 9.84 Å². The third-order valence-electron chi connectivity index (χ3n) is 4.94. The van der Waals surface area contributed by atoms with Crippen molar-refractivity contribution >= 4 is 12.4 Å². The second kappa shape index (κ2) is 9.83. The molecule has 0 saturated heterocycles. The first-order valence-electron chi connectivity index (χ1n) is 9.15. The molecule has 1 fully saturated rings. The number of aryl methyl sites for hydroxylation is 1. The largest absolute Gasteiger partial charge is 0.473 e. The lowest BCUT2D eigenvalue weighted by molar-refractivity contribution is 0.244. The van der Waals surface area contributed by atoms with Crippen LogP contribution in [0.4, 0.5) is 0 Å². The van der Waals surface area contributed by atoms with Crippen LogP contribution in [0.3, 0.4) is 0 Å². The highest BCUT2D eigenvalue weighted by atomic mass is 35.5.